The van der Waals surface area contributed by atoms with Crippen molar-refractivity contribution in [2.45, 2.75) is 19.6 Å². The Morgan fingerprint density at radius 1 is 1.27 bits per heavy atom. The van der Waals surface area contributed by atoms with E-state index in [2.05, 4.69) is 10.1 Å². The molecule has 0 N–H and O–H groups in total. The summed E-state index contributed by atoms with van der Waals surface area (Å²) in [7, 11) is 3.27. The molecule has 0 saturated carbocycles. The van der Waals surface area contributed by atoms with Gasteiger partial charge in [-0.3, -0.25) is 4.79 Å². The van der Waals surface area contributed by atoms with Gasteiger partial charge in [0.15, 0.2) is 6.10 Å². The van der Waals surface area contributed by atoms with Crippen LogP contribution in [0.2, 0.25) is 0 Å². The molecule has 26 heavy (non-hydrogen) atoms. The van der Waals surface area contributed by atoms with E-state index in [1.54, 1.807) is 45.3 Å². The molecule has 3 rings (SSSR count). The average Bonchev–Trinajstić information content (AvgIpc) is 3.33. The van der Waals surface area contributed by atoms with Gasteiger partial charge in [-0.1, -0.05) is 11.2 Å². The Kier molecular flexibility index (Phi) is 5.52. The average molecular weight is 373 g/mol. The number of amides is 1. The second-order valence-electron chi connectivity index (χ2n) is 5.62. The first-order chi connectivity index (χ1) is 12.6. The van der Waals surface area contributed by atoms with Crippen molar-refractivity contribution < 1.29 is 18.8 Å². The van der Waals surface area contributed by atoms with Crippen LogP contribution in [0.1, 0.15) is 12.8 Å². The molecule has 1 atom stereocenters. The summed E-state index contributed by atoms with van der Waals surface area (Å²) in [6, 6.07) is 10.9. The predicted octanol–water partition coefficient (Wildman–Crippen LogP) is 3.23. The largest absolute Gasteiger partial charge is 0.497 e. The second-order valence-corrected chi connectivity index (χ2v) is 6.57. The summed E-state index contributed by atoms with van der Waals surface area (Å²) in [6.07, 6.45) is -0.645. The van der Waals surface area contributed by atoms with Crippen molar-refractivity contribution in [3.8, 4) is 22.2 Å². The van der Waals surface area contributed by atoms with Gasteiger partial charge >= 0.3 is 0 Å². The number of carbonyl (C=O) groups is 1. The molecule has 0 aliphatic carbocycles. The number of benzene rings is 1. The van der Waals surface area contributed by atoms with E-state index in [0.29, 0.717) is 17.5 Å². The van der Waals surface area contributed by atoms with Crippen molar-refractivity contribution in [3.05, 3.63) is 47.7 Å². The lowest BCUT2D eigenvalue weighted by Crippen LogP contribution is -2.37. The van der Waals surface area contributed by atoms with Gasteiger partial charge in [0.05, 0.1) is 18.5 Å². The normalized spacial score (nSPS) is 11.8. The zero-order chi connectivity index (χ0) is 18.5. The molecule has 0 fully saturated rings. The molecule has 0 bridgehead atoms. The Balaban J connectivity index is 1.58. The fraction of sp³-hybridized carbons (Fsp3) is 0.278. The third-order valence-corrected chi connectivity index (χ3v) is 4.54. The molecule has 1 aromatic carbocycles. The molecule has 0 saturated heterocycles. The maximum Gasteiger partial charge on any atom is 0.263 e. The standard InChI is InChI=1S/C18H19N3O4S/c1-12(24-14-8-6-13(23-3)7-9-14)18(22)21(2)11-16-19-17(20-25-16)15-5-4-10-26-15/h4-10,12H,11H2,1-3H3/t12-/m1/s1. The van der Waals surface area contributed by atoms with Crippen LogP contribution in [0.5, 0.6) is 11.5 Å². The van der Waals surface area contributed by atoms with Gasteiger partial charge in [-0.2, -0.15) is 4.98 Å². The molecule has 2 aromatic heterocycles. The van der Waals surface area contributed by atoms with Crippen molar-refractivity contribution >= 4 is 17.2 Å². The van der Waals surface area contributed by atoms with Crippen LogP contribution in [0.4, 0.5) is 0 Å². The lowest BCUT2D eigenvalue weighted by molar-refractivity contribution is -0.137. The highest BCUT2D eigenvalue weighted by atomic mass is 32.1. The molecule has 0 radical (unpaired) electrons. The maximum atomic E-state index is 12.5. The highest BCUT2D eigenvalue weighted by molar-refractivity contribution is 7.13. The smallest absolute Gasteiger partial charge is 0.263 e. The summed E-state index contributed by atoms with van der Waals surface area (Å²) < 4.78 is 16.0. The number of thiophene rings is 1. The SMILES string of the molecule is COc1ccc(O[C@H](C)C(=O)N(C)Cc2nc(-c3cccs3)no2)cc1. The van der Waals surface area contributed by atoms with Gasteiger partial charge < -0.3 is 18.9 Å². The molecule has 3 aromatic rings. The molecule has 0 unspecified atom stereocenters. The molecule has 0 aliphatic heterocycles. The summed E-state index contributed by atoms with van der Waals surface area (Å²) in [5.41, 5.74) is 0. The van der Waals surface area contributed by atoms with Gasteiger partial charge in [0.1, 0.15) is 11.5 Å². The number of rotatable bonds is 7. The maximum absolute atomic E-state index is 12.5. The number of hydrogen-bond donors (Lipinski definition) is 0. The van der Waals surface area contributed by atoms with Gasteiger partial charge in [0.2, 0.25) is 11.7 Å². The summed E-state index contributed by atoms with van der Waals surface area (Å²) in [6.45, 7) is 1.92. The molecular formula is C18H19N3O4S. The van der Waals surface area contributed by atoms with E-state index in [1.165, 1.54) is 16.2 Å². The van der Waals surface area contributed by atoms with Gasteiger partial charge in [-0.05, 0) is 42.6 Å². The van der Waals surface area contributed by atoms with Crippen LogP contribution in [0.25, 0.3) is 10.7 Å². The van der Waals surface area contributed by atoms with E-state index in [4.69, 9.17) is 14.0 Å². The fourth-order valence-electron chi connectivity index (χ4n) is 2.32. The quantitative estimate of drug-likeness (QED) is 0.633. The van der Waals surface area contributed by atoms with Crippen molar-refractivity contribution in [1.29, 1.82) is 0 Å². The minimum absolute atomic E-state index is 0.184. The number of methoxy groups -OCH3 is 1. The Hall–Kier alpha value is -2.87. The first-order valence-corrected chi connectivity index (χ1v) is 8.87. The van der Waals surface area contributed by atoms with Crippen LogP contribution < -0.4 is 9.47 Å². The van der Waals surface area contributed by atoms with Crippen LogP contribution in [0.3, 0.4) is 0 Å². The van der Waals surface area contributed by atoms with Crippen molar-refractivity contribution in [2.75, 3.05) is 14.2 Å². The Morgan fingerprint density at radius 3 is 2.65 bits per heavy atom. The minimum atomic E-state index is -0.645. The van der Waals surface area contributed by atoms with Gasteiger partial charge in [-0.15, -0.1) is 11.3 Å². The van der Waals surface area contributed by atoms with Crippen LogP contribution in [-0.2, 0) is 11.3 Å². The second kappa shape index (κ2) is 8.01. The number of aromatic nitrogens is 2. The highest BCUT2D eigenvalue weighted by Gasteiger charge is 2.21. The number of likely N-dealkylation sites (N-methyl/N-ethyl adjacent to an activating group) is 1. The zero-order valence-corrected chi connectivity index (χ0v) is 15.5. The van der Waals surface area contributed by atoms with Crippen LogP contribution >= 0.6 is 11.3 Å². The third kappa shape index (κ3) is 4.20. The van der Waals surface area contributed by atoms with Crippen LogP contribution in [0.15, 0.2) is 46.3 Å². The Morgan fingerprint density at radius 2 is 2.00 bits per heavy atom. The summed E-state index contributed by atoms with van der Waals surface area (Å²) in [4.78, 5) is 19.2. The van der Waals surface area contributed by atoms with E-state index >= 15 is 0 Å². The van der Waals surface area contributed by atoms with Gasteiger partial charge in [0.25, 0.3) is 5.91 Å². The monoisotopic (exact) mass is 373 g/mol. The third-order valence-electron chi connectivity index (χ3n) is 3.68. The number of hydrogen-bond acceptors (Lipinski definition) is 7. The van der Waals surface area contributed by atoms with Crippen molar-refractivity contribution in [3.63, 3.8) is 0 Å². The van der Waals surface area contributed by atoms with E-state index in [-0.39, 0.29) is 12.5 Å². The predicted molar refractivity (Wildman–Crippen MR) is 97.2 cm³/mol. The molecule has 0 spiro atoms. The van der Waals surface area contributed by atoms with Gasteiger partial charge in [0, 0.05) is 7.05 Å². The molecule has 0 aliphatic rings. The number of nitrogens with zero attached hydrogens (tertiary/aromatic N) is 3. The number of carbonyl (C=O) groups excluding carboxylic acids is 1. The molecule has 7 nitrogen and oxygen atoms in total. The lowest BCUT2D eigenvalue weighted by Gasteiger charge is -2.20. The Bertz CT molecular complexity index is 846. The molecule has 2 heterocycles. The van der Waals surface area contributed by atoms with E-state index < -0.39 is 6.10 Å². The fourth-order valence-corrected chi connectivity index (χ4v) is 2.97. The highest BCUT2D eigenvalue weighted by Crippen LogP contribution is 2.22. The van der Waals surface area contributed by atoms with Crippen LogP contribution in [-0.4, -0.2) is 41.2 Å². The minimum Gasteiger partial charge on any atom is -0.497 e. The molecule has 1 amide bonds. The van der Waals surface area contributed by atoms with Gasteiger partial charge in [-0.25, -0.2) is 0 Å². The van der Waals surface area contributed by atoms with E-state index in [9.17, 15) is 4.79 Å². The van der Waals surface area contributed by atoms with E-state index in [1.807, 2.05) is 17.5 Å². The summed E-state index contributed by atoms with van der Waals surface area (Å²) in [5, 5.41) is 5.89. The molecule has 136 valence electrons. The van der Waals surface area contributed by atoms with Crippen LogP contribution in [0, 0.1) is 0 Å². The van der Waals surface area contributed by atoms with E-state index in [0.717, 1.165) is 10.6 Å². The Labute approximate surface area is 155 Å². The molecular weight excluding hydrogens is 354 g/mol. The summed E-state index contributed by atoms with van der Waals surface area (Å²) >= 11 is 1.53. The van der Waals surface area contributed by atoms with Crippen molar-refractivity contribution in [1.82, 2.24) is 15.0 Å². The van der Waals surface area contributed by atoms with Crippen molar-refractivity contribution in [2.24, 2.45) is 0 Å². The first-order valence-electron chi connectivity index (χ1n) is 7.99. The first kappa shape index (κ1) is 17.9. The summed E-state index contributed by atoms with van der Waals surface area (Å²) in [5.74, 6) is 2.04. The number of ether oxygens (including phenoxy) is 2. The zero-order valence-electron chi connectivity index (χ0n) is 14.7. The molecule has 8 heteroatoms. The lowest BCUT2D eigenvalue weighted by atomic mass is 10.3. The topological polar surface area (TPSA) is 77.7 Å².